The van der Waals surface area contributed by atoms with Gasteiger partial charge in [0.2, 0.25) is 0 Å². The van der Waals surface area contributed by atoms with Crippen LogP contribution in [0.1, 0.15) is 19.8 Å². The number of benzene rings is 1. The van der Waals surface area contributed by atoms with Crippen LogP contribution in [0.25, 0.3) is 0 Å². The fourth-order valence-corrected chi connectivity index (χ4v) is 3.33. The minimum Gasteiger partial charge on any atom is -0.450 e. The molecule has 0 aliphatic carbocycles. The number of amides is 3. The molecule has 1 saturated heterocycles. The zero-order valence-electron chi connectivity index (χ0n) is 13.1. The van der Waals surface area contributed by atoms with Crippen molar-refractivity contribution in [3.63, 3.8) is 0 Å². The van der Waals surface area contributed by atoms with Gasteiger partial charge in [-0.1, -0.05) is 34.8 Å². The van der Waals surface area contributed by atoms with Crippen LogP contribution in [0.4, 0.5) is 15.3 Å². The van der Waals surface area contributed by atoms with Crippen LogP contribution >= 0.6 is 34.8 Å². The average molecular weight is 395 g/mol. The fraction of sp³-hybridized carbons (Fsp3) is 0.467. The highest BCUT2D eigenvalue weighted by Crippen LogP contribution is 2.33. The van der Waals surface area contributed by atoms with Crippen LogP contribution in [-0.2, 0) is 4.74 Å². The lowest BCUT2D eigenvalue weighted by molar-refractivity contribution is 0.0959. The Bertz CT molecular complexity index is 596. The first-order valence-corrected chi connectivity index (χ1v) is 8.67. The predicted octanol–water partition coefficient (Wildman–Crippen LogP) is 4.39. The van der Waals surface area contributed by atoms with Crippen LogP contribution in [-0.4, -0.2) is 42.8 Å². The van der Waals surface area contributed by atoms with Crippen LogP contribution in [0.3, 0.4) is 0 Å². The standard InChI is InChI=1S/C15H18Cl3N3O3/c1-2-24-15(23)21-5-3-10(4-6-21)19-14(22)20-13-11(17)7-9(16)8-12(13)18/h7-8,10H,2-6H2,1H3,(H2,19,20,22). The van der Waals surface area contributed by atoms with E-state index in [-0.39, 0.29) is 22.2 Å². The Balaban J connectivity index is 1.85. The van der Waals surface area contributed by atoms with Gasteiger partial charge in [-0.2, -0.15) is 0 Å². The van der Waals surface area contributed by atoms with Gasteiger partial charge in [-0.3, -0.25) is 0 Å². The molecule has 0 bridgehead atoms. The minimum absolute atomic E-state index is 0.0412. The minimum atomic E-state index is -0.407. The molecule has 0 aromatic heterocycles. The van der Waals surface area contributed by atoms with Gasteiger partial charge in [0.05, 0.1) is 22.3 Å². The lowest BCUT2D eigenvalue weighted by atomic mass is 10.1. The summed E-state index contributed by atoms with van der Waals surface area (Å²) in [5.41, 5.74) is 0.309. The van der Waals surface area contributed by atoms with E-state index in [1.807, 2.05) is 0 Å². The highest BCUT2D eigenvalue weighted by atomic mass is 35.5. The summed E-state index contributed by atoms with van der Waals surface area (Å²) in [4.78, 5) is 25.4. The van der Waals surface area contributed by atoms with Crippen molar-refractivity contribution < 1.29 is 14.3 Å². The zero-order valence-corrected chi connectivity index (χ0v) is 15.3. The molecular formula is C15H18Cl3N3O3. The molecule has 1 heterocycles. The molecule has 1 aromatic rings. The summed E-state index contributed by atoms with van der Waals surface area (Å²) in [5.74, 6) is 0. The number of urea groups is 1. The molecule has 0 unspecified atom stereocenters. The number of carbonyl (C=O) groups is 2. The first kappa shape index (κ1) is 19.0. The number of likely N-dealkylation sites (tertiary alicyclic amines) is 1. The normalized spacial score (nSPS) is 15.1. The van der Waals surface area contributed by atoms with E-state index in [1.54, 1.807) is 11.8 Å². The van der Waals surface area contributed by atoms with Crippen LogP contribution in [0.2, 0.25) is 15.1 Å². The monoisotopic (exact) mass is 393 g/mol. The smallest absolute Gasteiger partial charge is 0.409 e. The molecule has 132 valence electrons. The lowest BCUT2D eigenvalue weighted by Crippen LogP contribution is -2.47. The summed E-state index contributed by atoms with van der Waals surface area (Å²) < 4.78 is 4.96. The Kier molecular flexibility index (Phi) is 6.83. The first-order valence-electron chi connectivity index (χ1n) is 7.54. The van der Waals surface area contributed by atoms with Gasteiger partial charge in [-0.25, -0.2) is 9.59 Å². The molecular weight excluding hydrogens is 377 g/mol. The van der Waals surface area contributed by atoms with E-state index >= 15 is 0 Å². The van der Waals surface area contributed by atoms with E-state index in [4.69, 9.17) is 39.5 Å². The van der Waals surface area contributed by atoms with Crippen molar-refractivity contribution in [3.8, 4) is 0 Å². The average Bonchev–Trinajstić information content (AvgIpc) is 2.52. The lowest BCUT2D eigenvalue weighted by Gasteiger charge is -2.31. The Labute approximate surface area is 155 Å². The summed E-state index contributed by atoms with van der Waals surface area (Å²) in [6.07, 6.45) is 0.975. The predicted molar refractivity (Wildman–Crippen MR) is 95.2 cm³/mol. The van der Waals surface area contributed by atoms with E-state index in [0.717, 1.165) is 0 Å². The van der Waals surface area contributed by atoms with Gasteiger partial charge in [0.15, 0.2) is 0 Å². The van der Waals surface area contributed by atoms with Gasteiger partial charge < -0.3 is 20.3 Å². The van der Waals surface area contributed by atoms with E-state index in [9.17, 15) is 9.59 Å². The van der Waals surface area contributed by atoms with Gasteiger partial charge in [-0.05, 0) is 31.9 Å². The van der Waals surface area contributed by atoms with Crippen molar-refractivity contribution in [1.29, 1.82) is 0 Å². The molecule has 24 heavy (non-hydrogen) atoms. The molecule has 6 nitrogen and oxygen atoms in total. The third-order valence-corrected chi connectivity index (χ3v) is 4.42. The number of hydrogen-bond donors (Lipinski definition) is 2. The van der Waals surface area contributed by atoms with Crippen LogP contribution in [0.15, 0.2) is 12.1 Å². The molecule has 0 radical (unpaired) electrons. The molecule has 0 saturated carbocycles. The molecule has 1 aliphatic rings. The number of nitrogens with zero attached hydrogens (tertiary/aromatic N) is 1. The van der Waals surface area contributed by atoms with E-state index in [1.165, 1.54) is 12.1 Å². The Morgan fingerprint density at radius 2 is 1.79 bits per heavy atom. The van der Waals surface area contributed by atoms with Crippen molar-refractivity contribution in [3.05, 3.63) is 27.2 Å². The van der Waals surface area contributed by atoms with Gasteiger partial charge in [0, 0.05) is 24.2 Å². The highest BCUT2D eigenvalue weighted by Gasteiger charge is 2.24. The Morgan fingerprint density at radius 3 is 2.33 bits per heavy atom. The molecule has 1 aliphatic heterocycles. The number of carbonyl (C=O) groups excluding carboxylic acids is 2. The second-order valence-corrected chi connectivity index (χ2v) is 6.55. The number of nitrogens with one attached hydrogen (secondary N) is 2. The summed E-state index contributed by atoms with van der Waals surface area (Å²) in [6, 6.07) is 2.56. The van der Waals surface area contributed by atoms with Gasteiger partial charge in [-0.15, -0.1) is 0 Å². The van der Waals surface area contributed by atoms with Gasteiger partial charge in [0.1, 0.15) is 0 Å². The number of anilines is 1. The molecule has 0 spiro atoms. The summed E-state index contributed by atoms with van der Waals surface area (Å²) in [7, 11) is 0. The topological polar surface area (TPSA) is 70.7 Å². The SMILES string of the molecule is CCOC(=O)N1CCC(NC(=O)Nc2c(Cl)cc(Cl)cc2Cl)CC1. The van der Waals surface area contributed by atoms with Crippen molar-refractivity contribution in [2.45, 2.75) is 25.8 Å². The molecule has 0 atom stereocenters. The van der Waals surface area contributed by atoms with Crippen molar-refractivity contribution in [2.75, 3.05) is 25.0 Å². The molecule has 1 fully saturated rings. The van der Waals surface area contributed by atoms with Crippen molar-refractivity contribution in [2.24, 2.45) is 0 Å². The molecule has 1 aromatic carbocycles. The van der Waals surface area contributed by atoms with Gasteiger partial charge >= 0.3 is 12.1 Å². The van der Waals surface area contributed by atoms with Crippen LogP contribution in [0.5, 0.6) is 0 Å². The maximum atomic E-state index is 12.1. The molecule has 2 rings (SSSR count). The summed E-state index contributed by atoms with van der Waals surface area (Å²) >= 11 is 17.9. The highest BCUT2D eigenvalue weighted by molar-refractivity contribution is 6.42. The first-order chi connectivity index (χ1) is 11.4. The Morgan fingerprint density at radius 1 is 1.21 bits per heavy atom. The van der Waals surface area contributed by atoms with Crippen LogP contribution < -0.4 is 10.6 Å². The zero-order chi connectivity index (χ0) is 17.7. The second kappa shape index (κ2) is 8.65. The second-order valence-electron chi connectivity index (χ2n) is 5.30. The summed E-state index contributed by atoms with van der Waals surface area (Å²) in [6.45, 7) is 3.18. The quantitative estimate of drug-likeness (QED) is 0.799. The van der Waals surface area contributed by atoms with E-state index in [2.05, 4.69) is 10.6 Å². The maximum Gasteiger partial charge on any atom is 0.409 e. The molecule has 3 amide bonds. The number of hydrogen-bond acceptors (Lipinski definition) is 3. The number of rotatable bonds is 3. The largest absolute Gasteiger partial charge is 0.450 e. The third kappa shape index (κ3) is 5.06. The van der Waals surface area contributed by atoms with Crippen LogP contribution in [0, 0.1) is 0 Å². The van der Waals surface area contributed by atoms with Gasteiger partial charge in [0.25, 0.3) is 0 Å². The third-order valence-electron chi connectivity index (χ3n) is 3.60. The van der Waals surface area contributed by atoms with E-state index < -0.39 is 6.03 Å². The fourth-order valence-electron chi connectivity index (χ4n) is 2.42. The number of halogens is 3. The van der Waals surface area contributed by atoms with Crippen molar-refractivity contribution in [1.82, 2.24) is 10.2 Å². The molecule has 2 N–H and O–H groups in total. The summed E-state index contributed by atoms with van der Waals surface area (Å²) in [5, 5.41) is 6.40. The number of ether oxygens (including phenoxy) is 1. The van der Waals surface area contributed by atoms with Crippen molar-refractivity contribution >= 4 is 52.6 Å². The maximum absolute atomic E-state index is 12.1. The number of piperidine rings is 1. The molecule has 9 heteroatoms. The van der Waals surface area contributed by atoms with E-state index in [0.29, 0.717) is 43.2 Å². The Hall–Kier alpha value is -1.37.